The monoisotopic (exact) mass is 455 g/mol. The number of aryl methyl sites for hydroxylation is 1. The molecule has 0 radical (unpaired) electrons. The van der Waals surface area contributed by atoms with Crippen LogP contribution in [-0.2, 0) is 11.3 Å². The van der Waals surface area contributed by atoms with Gasteiger partial charge in [-0.1, -0.05) is 13.8 Å². The molecule has 2 aromatic rings. The number of amides is 2. The second-order valence-corrected chi connectivity index (χ2v) is 9.84. The molecule has 1 saturated heterocycles. The number of nitrogens with one attached hydrogen (secondary N) is 1. The maximum atomic E-state index is 13.4. The van der Waals surface area contributed by atoms with Crippen LogP contribution < -0.4 is 10.9 Å². The molecule has 178 valence electrons. The SMILES string of the molecule is Cc1nn2c(O)c(C(=O)NC3CC3)c(=O)n(CC(C)C)c2c1/C=C/C(=O)N1[C@@H](C)CC[C@@H]1C. The first kappa shape index (κ1) is 23.1. The first-order chi connectivity index (χ1) is 15.6. The minimum Gasteiger partial charge on any atom is -0.492 e. The number of aromatic nitrogens is 3. The van der Waals surface area contributed by atoms with Crippen molar-refractivity contribution in [3.63, 3.8) is 0 Å². The van der Waals surface area contributed by atoms with E-state index in [0.29, 0.717) is 23.4 Å². The molecule has 2 amide bonds. The number of carbonyl (C=O) groups is 2. The smallest absolute Gasteiger partial charge is 0.270 e. The highest BCUT2D eigenvalue weighted by atomic mass is 16.3. The number of fused-ring (bicyclic) bond motifs is 1. The molecular weight excluding hydrogens is 422 g/mol. The second kappa shape index (κ2) is 8.68. The third kappa shape index (κ3) is 4.28. The lowest BCUT2D eigenvalue weighted by Gasteiger charge is -2.24. The normalized spacial score (nSPS) is 21.0. The van der Waals surface area contributed by atoms with Crippen LogP contribution in [0, 0.1) is 12.8 Å². The van der Waals surface area contributed by atoms with Gasteiger partial charge in [-0.3, -0.25) is 19.0 Å². The quantitative estimate of drug-likeness (QED) is 0.651. The van der Waals surface area contributed by atoms with Crippen LogP contribution in [0.4, 0.5) is 0 Å². The zero-order valence-corrected chi connectivity index (χ0v) is 20.0. The van der Waals surface area contributed by atoms with E-state index in [1.807, 2.05) is 32.6 Å². The van der Waals surface area contributed by atoms with Crippen molar-refractivity contribution in [1.29, 1.82) is 0 Å². The Kier molecular flexibility index (Phi) is 6.07. The average Bonchev–Trinajstić information content (AvgIpc) is 3.39. The number of hydrogen-bond donors (Lipinski definition) is 2. The van der Waals surface area contributed by atoms with Crippen LogP contribution >= 0.6 is 0 Å². The zero-order valence-electron chi connectivity index (χ0n) is 20.0. The summed E-state index contributed by atoms with van der Waals surface area (Å²) >= 11 is 0. The summed E-state index contributed by atoms with van der Waals surface area (Å²) in [5, 5.41) is 18.1. The van der Waals surface area contributed by atoms with Gasteiger partial charge in [0.1, 0.15) is 5.65 Å². The fourth-order valence-corrected chi connectivity index (χ4v) is 4.65. The van der Waals surface area contributed by atoms with Crippen molar-refractivity contribution in [1.82, 2.24) is 24.4 Å². The fraction of sp³-hybridized carbons (Fsp3) is 0.583. The molecule has 2 fully saturated rings. The highest BCUT2D eigenvalue weighted by Crippen LogP contribution is 2.27. The molecule has 3 heterocycles. The third-order valence-electron chi connectivity index (χ3n) is 6.51. The lowest BCUT2D eigenvalue weighted by molar-refractivity contribution is -0.128. The van der Waals surface area contributed by atoms with Crippen molar-refractivity contribution in [2.45, 2.75) is 85.0 Å². The number of rotatable bonds is 6. The Labute approximate surface area is 193 Å². The van der Waals surface area contributed by atoms with Crippen LogP contribution in [0.25, 0.3) is 11.7 Å². The van der Waals surface area contributed by atoms with Gasteiger partial charge in [0.15, 0.2) is 5.56 Å². The maximum absolute atomic E-state index is 13.4. The summed E-state index contributed by atoms with van der Waals surface area (Å²) < 4.78 is 2.73. The van der Waals surface area contributed by atoms with Crippen molar-refractivity contribution in [3.05, 3.63) is 33.3 Å². The molecular formula is C24H33N5O4. The van der Waals surface area contributed by atoms with Gasteiger partial charge in [-0.25, -0.2) is 0 Å². The molecule has 9 heteroatoms. The van der Waals surface area contributed by atoms with E-state index in [9.17, 15) is 19.5 Å². The van der Waals surface area contributed by atoms with E-state index in [1.165, 1.54) is 15.2 Å². The molecule has 2 aromatic heterocycles. The highest BCUT2D eigenvalue weighted by Gasteiger charge is 2.31. The number of hydrogen-bond acceptors (Lipinski definition) is 5. The number of nitrogens with zero attached hydrogens (tertiary/aromatic N) is 4. The van der Waals surface area contributed by atoms with Gasteiger partial charge in [0, 0.05) is 36.3 Å². The first-order valence-corrected chi connectivity index (χ1v) is 11.8. The van der Waals surface area contributed by atoms with Crippen molar-refractivity contribution in [2.75, 3.05) is 0 Å². The van der Waals surface area contributed by atoms with Gasteiger partial charge in [-0.2, -0.15) is 9.61 Å². The van der Waals surface area contributed by atoms with Gasteiger partial charge in [0.2, 0.25) is 11.8 Å². The minimum atomic E-state index is -0.586. The summed E-state index contributed by atoms with van der Waals surface area (Å²) in [7, 11) is 0. The molecule has 9 nitrogen and oxygen atoms in total. The number of likely N-dealkylation sites (tertiary alicyclic amines) is 1. The lowest BCUT2D eigenvalue weighted by Crippen LogP contribution is -2.37. The molecule has 1 aliphatic carbocycles. The molecule has 4 rings (SSSR count). The highest BCUT2D eigenvalue weighted by molar-refractivity contribution is 5.97. The van der Waals surface area contributed by atoms with Crippen molar-refractivity contribution >= 4 is 23.5 Å². The van der Waals surface area contributed by atoms with E-state index in [1.54, 1.807) is 13.0 Å². The van der Waals surface area contributed by atoms with Gasteiger partial charge in [-0.15, -0.1) is 0 Å². The van der Waals surface area contributed by atoms with E-state index in [0.717, 1.165) is 25.7 Å². The zero-order chi connectivity index (χ0) is 24.0. The van der Waals surface area contributed by atoms with Crippen molar-refractivity contribution in [3.8, 4) is 5.88 Å². The number of aromatic hydroxyl groups is 1. The largest absolute Gasteiger partial charge is 0.492 e. The topological polar surface area (TPSA) is 109 Å². The van der Waals surface area contributed by atoms with Crippen LogP contribution in [0.2, 0.25) is 0 Å². The summed E-state index contributed by atoms with van der Waals surface area (Å²) in [6.45, 7) is 10.1. The predicted molar refractivity (Wildman–Crippen MR) is 125 cm³/mol. The van der Waals surface area contributed by atoms with E-state index < -0.39 is 17.3 Å². The molecule has 1 aliphatic heterocycles. The molecule has 0 aromatic carbocycles. The van der Waals surface area contributed by atoms with Crippen LogP contribution in [-0.4, -0.2) is 54.1 Å². The fourth-order valence-electron chi connectivity index (χ4n) is 4.65. The molecule has 2 N–H and O–H groups in total. The summed E-state index contributed by atoms with van der Waals surface area (Å²) in [5.74, 6) is -1.05. The second-order valence-electron chi connectivity index (χ2n) is 9.84. The van der Waals surface area contributed by atoms with E-state index in [-0.39, 0.29) is 35.5 Å². The van der Waals surface area contributed by atoms with E-state index in [2.05, 4.69) is 10.4 Å². The predicted octanol–water partition coefficient (Wildman–Crippen LogP) is 2.47. The Morgan fingerprint density at radius 3 is 2.39 bits per heavy atom. The summed E-state index contributed by atoms with van der Waals surface area (Å²) in [6.07, 6.45) is 6.86. The minimum absolute atomic E-state index is 0.0461. The Bertz CT molecular complexity index is 1180. The summed E-state index contributed by atoms with van der Waals surface area (Å²) in [6, 6.07) is 0.403. The van der Waals surface area contributed by atoms with Crippen molar-refractivity contribution < 1.29 is 14.7 Å². The lowest BCUT2D eigenvalue weighted by atomic mass is 10.1. The standard InChI is InChI=1S/C24H33N5O4/c1-13(2)12-27-22-18(10-11-19(30)28-14(3)6-7-15(28)4)16(5)26-29(22)24(33)20(23(27)32)21(31)25-17-8-9-17/h10-11,13-15,17,33H,6-9,12H2,1-5H3,(H,25,31)/b11-10+/t14-,15-/m0/s1. The molecule has 2 atom stereocenters. The first-order valence-electron chi connectivity index (χ1n) is 11.8. The van der Waals surface area contributed by atoms with Gasteiger partial charge in [-0.05, 0) is 58.4 Å². The Morgan fingerprint density at radius 2 is 1.82 bits per heavy atom. The Balaban J connectivity index is 1.82. The van der Waals surface area contributed by atoms with Gasteiger partial charge in [0.25, 0.3) is 11.5 Å². The average molecular weight is 456 g/mol. The summed E-state index contributed by atoms with van der Waals surface area (Å²) in [5.41, 5.74) is 0.634. The molecule has 33 heavy (non-hydrogen) atoms. The third-order valence-corrected chi connectivity index (χ3v) is 6.51. The van der Waals surface area contributed by atoms with E-state index in [4.69, 9.17) is 0 Å². The number of carbonyl (C=O) groups excluding carboxylic acids is 2. The Hall–Kier alpha value is -3.10. The van der Waals surface area contributed by atoms with E-state index >= 15 is 0 Å². The van der Waals surface area contributed by atoms with Crippen LogP contribution in [0.1, 0.15) is 75.0 Å². The van der Waals surface area contributed by atoms with Gasteiger partial charge >= 0.3 is 0 Å². The molecule has 1 saturated carbocycles. The van der Waals surface area contributed by atoms with Crippen molar-refractivity contribution in [2.24, 2.45) is 5.92 Å². The molecule has 2 aliphatic rings. The van der Waals surface area contributed by atoms with Gasteiger partial charge < -0.3 is 15.3 Å². The van der Waals surface area contributed by atoms with Gasteiger partial charge in [0.05, 0.1) is 5.69 Å². The molecule has 0 unspecified atom stereocenters. The Morgan fingerprint density at radius 1 is 1.18 bits per heavy atom. The summed E-state index contributed by atoms with van der Waals surface area (Å²) in [4.78, 5) is 40.9. The van der Waals surface area contributed by atoms with Crippen LogP contribution in [0.3, 0.4) is 0 Å². The molecule has 0 spiro atoms. The molecule has 0 bridgehead atoms. The van der Waals surface area contributed by atoms with Crippen LogP contribution in [0.15, 0.2) is 10.9 Å². The maximum Gasteiger partial charge on any atom is 0.270 e. The van der Waals surface area contributed by atoms with Crippen LogP contribution in [0.5, 0.6) is 5.88 Å².